The first-order valence-electron chi connectivity index (χ1n) is 5.34. The average Bonchev–Trinajstić information content (AvgIpc) is 2.99. The van der Waals surface area contributed by atoms with Crippen molar-refractivity contribution >= 4 is 15.9 Å². The first-order chi connectivity index (χ1) is 7.53. The third-order valence-corrected chi connectivity index (χ3v) is 4.13. The van der Waals surface area contributed by atoms with E-state index < -0.39 is 0 Å². The Morgan fingerprint density at radius 1 is 1.50 bits per heavy atom. The maximum atomic E-state index is 10.2. The number of benzene rings is 1. The maximum absolute atomic E-state index is 10.2. The molecule has 0 aromatic heterocycles. The van der Waals surface area contributed by atoms with Crippen molar-refractivity contribution in [3.8, 4) is 11.5 Å². The Labute approximate surface area is 104 Å². The summed E-state index contributed by atoms with van der Waals surface area (Å²) in [5.74, 6) is 0.719. The average molecular weight is 286 g/mol. The number of halogens is 1. The topological polar surface area (TPSA) is 55.5 Å². The molecule has 1 fully saturated rings. The molecule has 0 saturated heterocycles. The second kappa shape index (κ2) is 3.93. The molecule has 1 aliphatic rings. The van der Waals surface area contributed by atoms with Gasteiger partial charge in [0.05, 0.1) is 7.11 Å². The summed E-state index contributed by atoms with van der Waals surface area (Å²) in [6.45, 7) is 1.98. The second-order valence-corrected chi connectivity index (χ2v) is 5.27. The summed E-state index contributed by atoms with van der Waals surface area (Å²) in [4.78, 5) is 0. The molecular weight excluding hydrogens is 270 g/mol. The molecular formula is C12H16BrNO2. The van der Waals surface area contributed by atoms with E-state index in [1.807, 2.05) is 13.0 Å². The van der Waals surface area contributed by atoms with Gasteiger partial charge < -0.3 is 15.6 Å². The lowest BCUT2D eigenvalue weighted by Crippen LogP contribution is -2.32. The number of phenols is 1. The minimum absolute atomic E-state index is 0.0295. The molecule has 1 unspecified atom stereocenters. The number of hydrogen-bond acceptors (Lipinski definition) is 3. The molecule has 0 amide bonds. The van der Waals surface area contributed by atoms with E-state index in [0.29, 0.717) is 5.75 Å². The molecule has 4 heteroatoms. The highest BCUT2D eigenvalue weighted by Gasteiger charge is 2.50. The van der Waals surface area contributed by atoms with E-state index in [1.165, 1.54) is 0 Å². The summed E-state index contributed by atoms with van der Waals surface area (Å²) in [6.07, 6.45) is 2.04. The van der Waals surface area contributed by atoms with E-state index in [-0.39, 0.29) is 17.2 Å². The number of phenolic OH excluding ortho intramolecular Hbond substituents is 1. The van der Waals surface area contributed by atoms with Crippen LogP contribution in [0.5, 0.6) is 11.5 Å². The third kappa shape index (κ3) is 1.60. The molecule has 1 saturated carbocycles. The molecule has 0 bridgehead atoms. The Morgan fingerprint density at radius 3 is 2.56 bits per heavy atom. The van der Waals surface area contributed by atoms with Gasteiger partial charge in [-0.15, -0.1) is 0 Å². The van der Waals surface area contributed by atoms with Crippen LogP contribution in [0, 0.1) is 0 Å². The number of aromatic hydroxyl groups is 1. The van der Waals surface area contributed by atoms with E-state index in [2.05, 4.69) is 15.9 Å². The number of hydrogen-bond donors (Lipinski definition) is 2. The van der Waals surface area contributed by atoms with Crippen molar-refractivity contribution in [2.75, 3.05) is 7.11 Å². The van der Waals surface area contributed by atoms with Crippen molar-refractivity contribution < 1.29 is 9.84 Å². The molecule has 0 aliphatic heterocycles. The highest BCUT2D eigenvalue weighted by molar-refractivity contribution is 9.10. The number of nitrogens with two attached hydrogens (primary N) is 1. The van der Waals surface area contributed by atoms with Gasteiger partial charge in [0.15, 0.2) is 11.5 Å². The first-order valence-corrected chi connectivity index (χ1v) is 6.14. The van der Waals surface area contributed by atoms with Crippen LogP contribution in [-0.2, 0) is 5.41 Å². The molecule has 0 radical (unpaired) electrons. The SMILES string of the molecule is COc1ccc(Br)c(C2(C(C)N)CC2)c1O. The summed E-state index contributed by atoms with van der Waals surface area (Å²) >= 11 is 3.48. The smallest absolute Gasteiger partial charge is 0.162 e. The van der Waals surface area contributed by atoms with Crippen molar-refractivity contribution in [3.63, 3.8) is 0 Å². The van der Waals surface area contributed by atoms with Crippen LogP contribution in [0.4, 0.5) is 0 Å². The van der Waals surface area contributed by atoms with Crippen LogP contribution in [0.25, 0.3) is 0 Å². The lowest BCUT2D eigenvalue weighted by atomic mass is 9.88. The molecule has 0 heterocycles. The van der Waals surface area contributed by atoms with Crippen molar-refractivity contribution in [3.05, 3.63) is 22.2 Å². The Hall–Kier alpha value is -0.740. The normalized spacial score (nSPS) is 19.2. The Balaban J connectivity index is 2.56. The van der Waals surface area contributed by atoms with E-state index in [4.69, 9.17) is 10.5 Å². The Kier molecular flexibility index (Phi) is 2.88. The van der Waals surface area contributed by atoms with Crippen LogP contribution in [0.15, 0.2) is 16.6 Å². The molecule has 88 valence electrons. The molecule has 1 aromatic carbocycles. The van der Waals surface area contributed by atoms with Gasteiger partial charge in [0.1, 0.15) is 0 Å². The van der Waals surface area contributed by atoms with Gasteiger partial charge >= 0.3 is 0 Å². The van der Waals surface area contributed by atoms with E-state index in [1.54, 1.807) is 13.2 Å². The maximum Gasteiger partial charge on any atom is 0.162 e. The monoisotopic (exact) mass is 285 g/mol. The van der Waals surface area contributed by atoms with Gasteiger partial charge in [-0.3, -0.25) is 0 Å². The molecule has 16 heavy (non-hydrogen) atoms. The summed E-state index contributed by atoms with van der Waals surface area (Å²) in [7, 11) is 1.55. The molecule has 0 spiro atoms. The van der Waals surface area contributed by atoms with Gasteiger partial charge in [0.2, 0.25) is 0 Å². The Morgan fingerprint density at radius 2 is 2.12 bits per heavy atom. The van der Waals surface area contributed by atoms with Crippen LogP contribution in [0.2, 0.25) is 0 Å². The number of ether oxygens (including phenoxy) is 1. The second-order valence-electron chi connectivity index (χ2n) is 4.42. The highest BCUT2D eigenvalue weighted by atomic mass is 79.9. The third-order valence-electron chi connectivity index (χ3n) is 3.47. The lowest BCUT2D eigenvalue weighted by molar-refractivity contribution is 0.364. The number of methoxy groups -OCH3 is 1. The van der Waals surface area contributed by atoms with Crippen LogP contribution in [0.3, 0.4) is 0 Å². The molecule has 1 aromatic rings. The highest BCUT2D eigenvalue weighted by Crippen LogP contribution is 2.56. The molecule has 2 rings (SSSR count). The van der Waals surface area contributed by atoms with Gasteiger partial charge in [-0.2, -0.15) is 0 Å². The van der Waals surface area contributed by atoms with Crippen LogP contribution in [0.1, 0.15) is 25.3 Å². The minimum Gasteiger partial charge on any atom is -0.504 e. The summed E-state index contributed by atoms with van der Waals surface area (Å²) < 4.78 is 6.03. The lowest BCUT2D eigenvalue weighted by Gasteiger charge is -2.23. The predicted octanol–water partition coefficient (Wildman–Crippen LogP) is 2.54. The van der Waals surface area contributed by atoms with Crippen molar-refractivity contribution in [2.45, 2.75) is 31.2 Å². The molecule has 3 nitrogen and oxygen atoms in total. The fourth-order valence-corrected chi connectivity index (χ4v) is 2.97. The van der Waals surface area contributed by atoms with Gasteiger partial charge in [0.25, 0.3) is 0 Å². The van der Waals surface area contributed by atoms with E-state index in [0.717, 1.165) is 22.9 Å². The minimum atomic E-state index is -0.0859. The van der Waals surface area contributed by atoms with Gasteiger partial charge in [-0.05, 0) is 31.9 Å². The van der Waals surface area contributed by atoms with Crippen molar-refractivity contribution in [2.24, 2.45) is 5.73 Å². The van der Waals surface area contributed by atoms with E-state index in [9.17, 15) is 5.11 Å². The first kappa shape index (κ1) is 11.7. The van der Waals surface area contributed by atoms with Gasteiger partial charge in [0, 0.05) is 21.5 Å². The van der Waals surface area contributed by atoms with Gasteiger partial charge in [-0.25, -0.2) is 0 Å². The van der Waals surface area contributed by atoms with Crippen LogP contribution < -0.4 is 10.5 Å². The summed E-state index contributed by atoms with van der Waals surface area (Å²) in [5, 5.41) is 10.2. The zero-order chi connectivity index (χ0) is 11.9. The fourth-order valence-electron chi connectivity index (χ4n) is 2.25. The quantitative estimate of drug-likeness (QED) is 0.897. The van der Waals surface area contributed by atoms with Crippen molar-refractivity contribution in [1.29, 1.82) is 0 Å². The zero-order valence-electron chi connectivity index (χ0n) is 9.46. The summed E-state index contributed by atoms with van der Waals surface area (Å²) in [6, 6.07) is 3.68. The Bertz CT molecular complexity index is 414. The van der Waals surface area contributed by atoms with Crippen LogP contribution in [-0.4, -0.2) is 18.3 Å². The largest absolute Gasteiger partial charge is 0.504 e. The number of rotatable bonds is 3. The molecule has 1 atom stereocenters. The molecule has 3 N–H and O–H groups in total. The van der Waals surface area contributed by atoms with Crippen LogP contribution >= 0.6 is 15.9 Å². The standard InChI is InChI=1S/C12H16BrNO2/c1-7(14)12(5-6-12)10-8(13)3-4-9(16-2)11(10)15/h3-4,7,15H,5-6,14H2,1-2H3. The zero-order valence-corrected chi connectivity index (χ0v) is 11.0. The fraction of sp³-hybridized carbons (Fsp3) is 0.500. The summed E-state index contributed by atoms with van der Waals surface area (Å²) in [5.41, 5.74) is 6.83. The van der Waals surface area contributed by atoms with Crippen molar-refractivity contribution in [1.82, 2.24) is 0 Å². The van der Waals surface area contributed by atoms with Gasteiger partial charge in [-0.1, -0.05) is 15.9 Å². The predicted molar refractivity (Wildman–Crippen MR) is 66.9 cm³/mol. The van der Waals surface area contributed by atoms with E-state index >= 15 is 0 Å². The molecule has 1 aliphatic carbocycles.